The Morgan fingerprint density at radius 3 is 2.02 bits per heavy atom. The van der Waals surface area contributed by atoms with Gasteiger partial charge in [0, 0.05) is 12.0 Å². The van der Waals surface area contributed by atoms with E-state index < -0.39 is 28.2 Å². The summed E-state index contributed by atoms with van der Waals surface area (Å²) in [5, 5.41) is 2.79. The van der Waals surface area contributed by atoms with Gasteiger partial charge < -0.3 is 19.0 Å². The van der Waals surface area contributed by atoms with Gasteiger partial charge in [-0.25, -0.2) is 4.79 Å². The Kier molecular flexibility index (Phi) is 8.59. The number of rotatable bonds is 10. The molecular formula is C33H31NO7S. The number of aryl methyl sites for hydroxylation is 1. The topological polar surface area (TPSA) is 108 Å². The Morgan fingerprint density at radius 1 is 0.833 bits per heavy atom. The zero-order chi connectivity index (χ0) is 29.7. The fourth-order valence-electron chi connectivity index (χ4n) is 5.11. The molecular weight excluding hydrogens is 554 g/mol. The second kappa shape index (κ2) is 12.5. The highest BCUT2D eigenvalue weighted by Crippen LogP contribution is 2.44. The van der Waals surface area contributed by atoms with Gasteiger partial charge in [-0.3, -0.25) is 4.79 Å². The first-order valence-electron chi connectivity index (χ1n) is 13.5. The Labute approximate surface area is 245 Å². The number of amides is 1. The molecule has 4 aromatic rings. The predicted molar refractivity (Wildman–Crippen MR) is 158 cm³/mol. The molecule has 0 bridgehead atoms. The standard InChI is InChI=1S/C33H31NO7S/c1-22-11-17-26(18-12-22)42(37,38)41-25-15-13-23(14-16-25)19-24(20-32(35)39-2)34-33(36)40-21-31-29-9-5-3-7-27(29)28-8-4-6-10-30(28)31/h3-18,24,31H,19-21H2,1-2H3,(H,34,36). The Hall–Kier alpha value is -4.63. The van der Waals surface area contributed by atoms with Crippen LogP contribution in [0.5, 0.6) is 5.75 Å². The molecule has 0 spiro atoms. The van der Waals surface area contributed by atoms with Gasteiger partial charge in [-0.15, -0.1) is 0 Å². The number of fused-ring (bicyclic) bond motifs is 3. The first kappa shape index (κ1) is 28.9. The maximum absolute atomic E-state index is 12.9. The van der Waals surface area contributed by atoms with Gasteiger partial charge in [0.2, 0.25) is 0 Å². The number of nitrogens with one attached hydrogen (secondary N) is 1. The van der Waals surface area contributed by atoms with E-state index in [1.807, 2.05) is 43.3 Å². The van der Waals surface area contributed by atoms with Crippen molar-refractivity contribution in [2.24, 2.45) is 0 Å². The van der Waals surface area contributed by atoms with E-state index in [1.54, 1.807) is 24.3 Å². The van der Waals surface area contributed by atoms with Crippen LogP contribution < -0.4 is 9.50 Å². The molecule has 0 aromatic heterocycles. The van der Waals surface area contributed by atoms with Crippen LogP contribution in [0.1, 0.15) is 34.6 Å². The summed E-state index contributed by atoms with van der Waals surface area (Å²) < 4.78 is 41.0. The minimum absolute atomic E-state index is 0.0580. The predicted octanol–water partition coefficient (Wildman–Crippen LogP) is 5.78. The van der Waals surface area contributed by atoms with E-state index in [2.05, 4.69) is 17.4 Å². The smallest absolute Gasteiger partial charge is 0.407 e. The lowest BCUT2D eigenvalue weighted by atomic mass is 9.98. The highest BCUT2D eigenvalue weighted by Gasteiger charge is 2.29. The van der Waals surface area contributed by atoms with Crippen LogP contribution in [0.3, 0.4) is 0 Å². The molecule has 0 heterocycles. The molecule has 42 heavy (non-hydrogen) atoms. The SMILES string of the molecule is COC(=O)CC(Cc1ccc(OS(=O)(=O)c2ccc(C)cc2)cc1)NC(=O)OCC1c2ccccc2-c2ccccc21. The Balaban J connectivity index is 1.22. The van der Waals surface area contributed by atoms with Crippen molar-refractivity contribution in [1.82, 2.24) is 5.32 Å². The van der Waals surface area contributed by atoms with Crippen molar-refractivity contribution < 1.29 is 31.7 Å². The average Bonchev–Trinajstić information content (AvgIpc) is 3.30. The van der Waals surface area contributed by atoms with Gasteiger partial charge in [0.25, 0.3) is 0 Å². The molecule has 0 fully saturated rings. The van der Waals surface area contributed by atoms with Crippen LogP contribution in [0.25, 0.3) is 11.1 Å². The molecule has 1 atom stereocenters. The van der Waals surface area contributed by atoms with E-state index in [0.717, 1.165) is 33.4 Å². The van der Waals surface area contributed by atoms with Gasteiger partial charge in [-0.05, 0) is 65.4 Å². The van der Waals surface area contributed by atoms with Crippen molar-refractivity contribution >= 4 is 22.2 Å². The first-order valence-corrected chi connectivity index (χ1v) is 14.9. The number of carbonyl (C=O) groups is 2. The zero-order valence-corrected chi connectivity index (χ0v) is 24.1. The first-order chi connectivity index (χ1) is 20.2. The van der Waals surface area contributed by atoms with E-state index in [9.17, 15) is 18.0 Å². The number of hydrogen-bond acceptors (Lipinski definition) is 7. The summed E-state index contributed by atoms with van der Waals surface area (Å²) in [7, 11) is -2.70. The number of ether oxygens (including phenoxy) is 2. The van der Waals surface area contributed by atoms with Crippen LogP contribution in [-0.4, -0.2) is 40.2 Å². The summed E-state index contributed by atoms with van der Waals surface area (Å²) in [5.41, 5.74) is 6.15. The monoisotopic (exact) mass is 585 g/mol. The van der Waals surface area contributed by atoms with E-state index in [4.69, 9.17) is 13.7 Å². The van der Waals surface area contributed by atoms with Crippen LogP contribution >= 0.6 is 0 Å². The quantitative estimate of drug-likeness (QED) is 0.186. The van der Waals surface area contributed by atoms with Gasteiger partial charge in [0.15, 0.2) is 0 Å². The lowest BCUT2D eigenvalue weighted by molar-refractivity contribution is -0.141. The van der Waals surface area contributed by atoms with E-state index >= 15 is 0 Å². The highest BCUT2D eigenvalue weighted by molar-refractivity contribution is 7.87. The fourth-order valence-corrected chi connectivity index (χ4v) is 6.04. The van der Waals surface area contributed by atoms with Crippen molar-refractivity contribution in [3.8, 4) is 16.9 Å². The average molecular weight is 586 g/mol. The molecule has 1 unspecified atom stereocenters. The third kappa shape index (κ3) is 6.63. The van der Waals surface area contributed by atoms with Crippen LogP contribution in [0.4, 0.5) is 4.79 Å². The lowest BCUT2D eigenvalue weighted by Crippen LogP contribution is -2.39. The molecule has 1 aliphatic rings. The van der Waals surface area contributed by atoms with Crippen LogP contribution in [-0.2, 0) is 30.8 Å². The van der Waals surface area contributed by atoms with Gasteiger partial charge in [-0.2, -0.15) is 8.42 Å². The second-order valence-electron chi connectivity index (χ2n) is 10.1. The van der Waals surface area contributed by atoms with Gasteiger partial charge in [0.05, 0.1) is 13.5 Å². The molecule has 0 saturated carbocycles. The number of methoxy groups -OCH3 is 1. The number of benzene rings is 4. The maximum Gasteiger partial charge on any atom is 0.407 e. The minimum atomic E-state index is -3.99. The number of alkyl carbamates (subject to hydrolysis) is 1. The van der Waals surface area contributed by atoms with Crippen LogP contribution in [0, 0.1) is 6.92 Å². The number of esters is 1. The van der Waals surface area contributed by atoms with Crippen molar-refractivity contribution in [3.05, 3.63) is 119 Å². The van der Waals surface area contributed by atoms with Crippen molar-refractivity contribution in [1.29, 1.82) is 0 Å². The molecule has 9 heteroatoms. The van der Waals surface area contributed by atoms with E-state index in [0.29, 0.717) is 0 Å². The molecule has 0 aliphatic heterocycles. The fraction of sp³-hybridized carbons (Fsp3) is 0.212. The minimum Gasteiger partial charge on any atom is -0.469 e. The molecule has 8 nitrogen and oxygen atoms in total. The molecule has 1 aliphatic carbocycles. The molecule has 0 saturated heterocycles. The molecule has 4 aromatic carbocycles. The maximum atomic E-state index is 12.9. The number of carbonyl (C=O) groups excluding carboxylic acids is 2. The van der Waals surface area contributed by atoms with Crippen LogP contribution in [0.15, 0.2) is 102 Å². The lowest BCUT2D eigenvalue weighted by Gasteiger charge is -2.19. The largest absolute Gasteiger partial charge is 0.469 e. The summed E-state index contributed by atoms with van der Waals surface area (Å²) in [6.07, 6.45) is -0.430. The summed E-state index contributed by atoms with van der Waals surface area (Å²) in [6, 6.07) is 28.3. The molecule has 216 valence electrons. The normalized spacial score (nSPS) is 13.0. The molecule has 5 rings (SSSR count). The summed E-state index contributed by atoms with van der Waals surface area (Å²) in [6.45, 7) is 2.01. The van der Waals surface area contributed by atoms with Crippen molar-refractivity contribution in [2.75, 3.05) is 13.7 Å². The van der Waals surface area contributed by atoms with Crippen LogP contribution in [0.2, 0.25) is 0 Å². The van der Waals surface area contributed by atoms with Gasteiger partial charge in [-0.1, -0.05) is 78.4 Å². The number of hydrogen-bond donors (Lipinski definition) is 1. The Morgan fingerprint density at radius 2 is 1.43 bits per heavy atom. The zero-order valence-electron chi connectivity index (χ0n) is 23.3. The summed E-state index contributed by atoms with van der Waals surface area (Å²) >= 11 is 0. The highest BCUT2D eigenvalue weighted by atomic mass is 32.2. The van der Waals surface area contributed by atoms with Crippen molar-refractivity contribution in [3.63, 3.8) is 0 Å². The third-order valence-corrected chi connectivity index (χ3v) is 8.49. The van der Waals surface area contributed by atoms with Gasteiger partial charge in [0.1, 0.15) is 17.3 Å². The summed E-state index contributed by atoms with van der Waals surface area (Å²) in [5.74, 6) is -0.428. The molecule has 1 N–H and O–H groups in total. The molecule has 1 amide bonds. The Bertz CT molecular complexity index is 1640. The molecule has 0 radical (unpaired) electrons. The van der Waals surface area contributed by atoms with E-state index in [-0.39, 0.29) is 36.0 Å². The summed E-state index contributed by atoms with van der Waals surface area (Å²) in [4.78, 5) is 25.0. The third-order valence-electron chi connectivity index (χ3n) is 7.23. The van der Waals surface area contributed by atoms with Gasteiger partial charge >= 0.3 is 22.2 Å². The van der Waals surface area contributed by atoms with Crippen molar-refractivity contribution in [2.45, 2.75) is 36.6 Å². The van der Waals surface area contributed by atoms with E-state index in [1.165, 1.54) is 31.4 Å². The second-order valence-corrected chi connectivity index (χ2v) is 11.7.